The molecule has 0 bridgehead atoms. The molecule has 1 heterocycles. The summed E-state index contributed by atoms with van der Waals surface area (Å²) in [4.78, 5) is 7.22. The van der Waals surface area contributed by atoms with Gasteiger partial charge in [0.05, 0.1) is 19.8 Å². The molecular formula is C17H37IN4O. The van der Waals surface area contributed by atoms with E-state index in [1.54, 1.807) is 0 Å². The summed E-state index contributed by atoms with van der Waals surface area (Å²) in [6.07, 6.45) is 1.13. The molecule has 0 radical (unpaired) electrons. The van der Waals surface area contributed by atoms with Crippen LogP contribution in [0.25, 0.3) is 0 Å². The van der Waals surface area contributed by atoms with Crippen molar-refractivity contribution in [3.05, 3.63) is 0 Å². The first-order valence-corrected chi connectivity index (χ1v) is 8.73. The van der Waals surface area contributed by atoms with E-state index in [2.05, 4.69) is 57.1 Å². The second-order valence-electron chi connectivity index (χ2n) is 7.20. The Hall–Kier alpha value is -0.0800. The van der Waals surface area contributed by atoms with Gasteiger partial charge < -0.3 is 15.4 Å². The maximum atomic E-state index is 5.28. The second kappa shape index (κ2) is 11.5. The van der Waals surface area contributed by atoms with Crippen LogP contribution in [0.3, 0.4) is 0 Å². The topological polar surface area (TPSA) is 48.9 Å². The predicted molar refractivity (Wildman–Crippen MR) is 110 cm³/mol. The highest BCUT2D eigenvalue weighted by Gasteiger charge is 2.33. The fourth-order valence-electron chi connectivity index (χ4n) is 2.73. The van der Waals surface area contributed by atoms with Crippen LogP contribution in [-0.2, 0) is 4.74 Å². The largest absolute Gasteiger partial charge is 0.380 e. The number of hydrogen-bond donors (Lipinski definition) is 2. The zero-order valence-corrected chi connectivity index (χ0v) is 18.1. The van der Waals surface area contributed by atoms with Crippen LogP contribution in [0.2, 0.25) is 0 Å². The Balaban J connectivity index is 0.00000484. The van der Waals surface area contributed by atoms with Crippen molar-refractivity contribution in [1.29, 1.82) is 0 Å². The van der Waals surface area contributed by atoms with Crippen molar-refractivity contribution in [2.75, 3.05) is 39.4 Å². The maximum absolute atomic E-state index is 5.28. The van der Waals surface area contributed by atoms with E-state index in [4.69, 9.17) is 9.73 Å². The van der Waals surface area contributed by atoms with E-state index >= 15 is 0 Å². The molecule has 138 valence electrons. The van der Waals surface area contributed by atoms with Gasteiger partial charge in [-0.1, -0.05) is 6.92 Å². The molecule has 0 aromatic rings. The number of hydrogen-bond acceptors (Lipinski definition) is 3. The molecule has 1 aliphatic heterocycles. The van der Waals surface area contributed by atoms with Crippen molar-refractivity contribution >= 4 is 29.9 Å². The Morgan fingerprint density at radius 2 is 1.78 bits per heavy atom. The lowest BCUT2D eigenvalue weighted by Crippen LogP contribution is -2.45. The highest BCUT2D eigenvalue weighted by atomic mass is 127. The number of nitrogens with one attached hydrogen (secondary N) is 2. The molecule has 2 N–H and O–H groups in total. The second-order valence-corrected chi connectivity index (χ2v) is 7.20. The highest BCUT2D eigenvalue weighted by molar-refractivity contribution is 14.0. The minimum atomic E-state index is 0. The van der Waals surface area contributed by atoms with E-state index in [0.717, 1.165) is 51.8 Å². The third-order valence-corrected chi connectivity index (χ3v) is 4.08. The quantitative estimate of drug-likeness (QED) is 0.251. The summed E-state index contributed by atoms with van der Waals surface area (Å²) in [7, 11) is 0. The minimum absolute atomic E-state index is 0. The first kappa shape index (κ1) is 22.9. The van der Waals surface area contributed by atoms with E-state index < -0.39 is 0 Å². The maximum Gasteiger partial charge on any atom is 0.191 e. The zero-order chi connectivity index (χ0) is 16.6. The van der Waals surface area contributed by atoms with Crippen LogP contribution in [0, 0.1) is 5.41 Å². The van der Waals surface area contributed by atoms with Gasteiger partial charge in [0.1, 0.15) is 0 Å². The van der Waals surface area contributed by atoms with E-state index in [1.165, 1.54) is 0 Å². The molecule has 0 atom stereocenters. The summed E-state index contributed by atoms with van der Waals surface area (Å²) < 4.78 is 5.28. The minimum Gasteiger partial charge on any atom is -0.380 e. The van der Waals surface area contributed by atoms with Crippen LogP contribution in [0.1, 0.15) is 48.0 Å². The monoisotopic (exact) mass is 440 g/mol. The lowest BCUT2D eigenvalue weighted by molar-refractivity contribution is -0.0945. The molecule has 0 spiro atoms. The molecule has 23 heavy (non-hydrogen) atoms. The SMILES string of the molecule is CCNC(=NCC1(C)COC1)NCCCN(C(C)C)C(C)C.I. The molecule has 6 heteroatoms. The molecule has 0 saturated carbocycles. The third kappa shape index (κ3) is 8.54. The number of halogens is 1. The lowest BCUT2D eigenvalue weighted by atomic mass is 9.89. The fraction of sp³-hybridized carbons (Fsp3) is 0.941. The Morgan fingerprint density at radius 1 is 1.17 bits per heavy atom. The molecule has 5 nitrogen and oxygen atoms in total. The van der Waals surface area contributed by atoms with Crippen molar-refractivity contribution in [3.8, 4) is 0 Å². The molecule has 0 aromatic carbocycles. The fourth-order valence-corrected chi connectivity index (χ4v) is 2.73. The van der Waals surface area contributed by atoms with Gasteiger partial charge in [-0.3, -0.25) is 9.89 Å². The molecule has 1 rings (SSSR count). The van der Waals surface area contributed by atoms with Crippen LogP contribution < -0.4 is 10.6 Å². The van der Waals surface area contributed by atoms with Crippen molar-refractivity contribution in [3.63, 3.8) is 0 Å². The predicted octanol–water partition coefficient (Wildman–Crippen LogP) is 2.70. The molecule has 1 fully saturated rings. The van der Waals surface area contributed by atoms with E-state index in [-0.39, 0.29) is 29.4 Å². The first-order valence-electron chi connectivity index (χ1n) is 8.73. The average Bonchev–Trinajstić information content (AvgIpc) is 2.41. The Morgan fingerprint density at radius 3 is 2.22 bits per heavy atom. The van der Waals surface area contributed by atoms with Crippen molar-refractivity contribution in [1.82, 2.24) is 15.5 Å². The van der Waals surface area contributed by atoms with E-state index in [1.807, 2.05) is 0 Å². The van der Waals surface area contributed by atoms with Crippen LogP contribution >= 0.6 is 24.0 Å². The van der Waals surface area contributed by atoms with Gasteiger partial charge in [0, 0.05) is 37.1 Å². The molecule has 0 amide bonds. The summed E-state index contributed by atoms with van der Waals surface area (Å²) in [5.74, 6) is 0.927. The molecule has 1 aliphatic rings. The zero-order valence-electron chi connectivity index (χ0n) is 15.8. The molecule has 1 saturated heterocycles. The van der Waals surface area contributed by atoms with Gasteiger partial charge in [0.25, 0.3) is 0 Å². The third-order valence-electron chi connectivity index (χ3n) is 4.08. The Bertz CT molecular complexity index is 335. The molecule has 0 unspecified atom stereocenters. The molecule has 0 aromatic heterocycles. The van der Waals surface area contributed by atoms with Crippen LogP contribution in [0.4, 0.5) is 0 Å². The number of nitrogens with zero attached hydrogens (tertiary/aromatic N) is 2. The number of rotatable bonds is 9. The van der Waals surface area contributed by atoms with Gasteiger partial charge in [-0.25, -0.2) is 0 Å². The summed E-state index contributed by atoms with van der Waals surface area (Å²) >= 11 is 0. The standard InChI is InChI=1S/C17H36N4O.HI/c1-7-18-16(20-11-17(6)12-22-13-17)19-9-8-10-21(14(2)3)15(4)5;/h14-15H,7-13H2,1-6H3,(H2,18,19,20);1H. The van der Waals surface area contributed by atoms with Gasteiger partial charge in [0.2, 0.25) is 0 Å². The van der Waals surface area contributed by atoms with Crippen molar-refractivity contribution < 1.29 is 4.74 Å². The van der Waals surface area contributed by atoms with Gasteiger partial charge in [-0.15, -0.1) is 24.0 Å². The van der Waals surface area contributed by atoms with Gasteiger partial charge in [0.15, 0.2) is 5.96 Å². The normalized spacial score (nSPS) is 17.2. The van der Waals surface area contributed by atoms with Crippen molar-refractivity contribution in [2.45, 2.75) is 60.0 Å². The number of aliphatic imine (C=N–C) groups is 1. The van der Waals surface area contributed by atoms with E-state index in [9.17, 15) is 0 Å². The smallest absolute Gasteiger partial charge is 0.191 e. The van der Waals surface area contributed by atoms with Crippen molar-refractivity contribution in [2.24, 2.45) is 10.4 Å². The Labute approximate surface area is 160 Å². The van der Waals surface area contributed by atoms with Gasteiger partial charge >= 0.3 is 0 Å². The summed E-state index contributed by atoms with van der Waals surface area (Å²) in [6, 6.07) is 1.20. The van der Waals surface area contributed by atoms with E-state index in [0.29, 0.717) is 12.1 Å². The first-order chi connectivity index (χ1) is 10.4. The highest BCUT2D eigenvalue weighted by Crippen LogP contribution is 2.26. The number of ether oxygens (including phenoxy) is 1. The van der Waals surface area contributed by atoms with Crippen LogP contribution in [0.15, 0.2) is 4.99 Å². The van der Waals surface area contributed by atoms with Gasteiger partial charge in [-0.05, 0) is 41.0 Å². The number of guanidine groups is 1. The molecular weight excluding hydrogens is 403 g/mol. The Kier molecular flexibility index (Phi) is 11.4. The average molecular weight is 440 g/mol. The van der Waals surface area contributed by atoms with Crippen LogP contribution in [-0.4, -0.2) is 62.3 Å². The summed E-state index contributed by atoms with van der Waals surface area (Å²) in [6.45, 7) is 18.8. The van der Waals surface area contributed by atoms with Crippen LogP contribution in [0.5, 0.6) is 0 Å². The van der Waals surface area contributed by atoms with Gasteiger partial charge in [-0.2, -0.15) is 0 Å². The summed E-state index contributed by atoms with van der Waals surface area (Å²) in [5.41, 5.74) is 0.231. The summed E-state index contributed by atoms with van der Waals surface area (Å²) in [5, 5.41) is 6.77. The molecule has 0 aliphatic carbocycles. The lowest BCUT2D eigenvalue weighted by Gasteiger charge is -2.36.